The van der Waals surface area contributed by atoms with Crippen LogP contribution < -0.4 is 10.5 Å². The Hall–Kier alpha value is -3.80. The van der Waals surface area contributed by atoms with Gasteiger partial charge in [0.05, 0.1) is 22.8 Å². The number of hydrogen-bond donors (Lipinski definition) is 0. The van der Waals surface area contributed by atoms with Gasteiger partial charge in [-0.2, -0.15) is 5.26 Å². The average Bonchev–Trinajstić information content (AvgIpc) is 2.69. The zero-order valence-electron chi connectivity index (χ0n) is 18.4. The molecule has 3 rings (SSSR count). The maximum Gasteiger partial charge on any atom is 0.417 e. The van der Waals surface area contributed by atoms with Crippen LogP contribution in [0.2, 0.25) is 0 Å². The van der Waals surface area contributed by atoms with Gasteiger partial charge in [0.25, 0.3) is 5.56 Å². The predicted octanol–water partition coefficient (Wildman–Crippen LogP) is 4.61. The second-order valence-electron chi connectivity index (χ2n) is 8.17. The fourth-order valence-corrected chi connectivity index (χ4v) is 3.22. The van der Waals surface area contributed by atoms with Crippen molar-refractivity contribution in [3.63, 3.8) is 0 Å². The number of benzene rings is 2. The Bertz CT molecular complexity index is 1320. The summed E-state index contributed by atoms with van der Waals surface area (Å²) in [5, 5.41) is 8.92. The number of rotatable bonds is 3. The van der Waals surface area contributed by atoms with Gasteiger partial charge in [-0.05, 0) is 64.4 Å². The normalized spacial score (nSPS) is 11.3. The van der Waals surface area contributed by atoms with Gasteiger partial charge in [0, 0.05) is 6.54 Å². The van der Waals surface area contributed by atoms with Crippen LogP contribution in [-0.2, 0) is 4.74 Å². The molecule has 0 radical (unpaired) electrons. The summed E-state index contributed by atoms with van der Waals surface area (Å²) in [4.78, 5) is 31.9. The summed E-state index contributed by atoms with van der Waals surface area (Å²) in [7, 11) is 0. The maximum atomic E-state index is 14.7. The van der Waals surface area contributed by atoms with Crippen LogP contribution in [0.1, 0.15) is 38.8 Å². The van der Waals surface area contributed by atoms with Crippen molar-refractivity contribution >= 4 is 22.9 Å². The molecule has 9 heteroatoms. The van der Waals surface area contributed by atoms with Crippen LogP contribution in [0, 0.1) is 29.9 Å². The van der Waals surface area contributed by atoms with Crippen molar-refractivity contribution < 1.29 is 18.3 Å². The summed E-state index contributed by atoms with van der Waals surface area (Å²) in [6.07, 6.45) is -0.786. The number of carbonyl (C=O) groups excluding carboxylic acids is 1. The lowest BCUT2D eigenvalue weighted by molar-refractivity contribution is 0.0579. The number of halogens is 2. The van der Waals surface area contributed by atoms with E-state index in [4.69, 9.17) is 4.74 Å². The first kappa shape index (κ1) is 22.9. The highest BCUT2D eigenvalue weighted by molar-refractivity contribution is 5.89. The zero-order chi connectivity index (χ0) is 23.8. The fourth-order valence-electron chi connectivity index (χ4n) is 3.22. The summed E-state index contributed by atoms with van der Waals surface area (Å²) >= 11 is 0. The van der Waals surface area contributed by atoms with Crippen LogP contribution in [0.5, 0.6) is 0 Å². The van der Waals surface area contributed by atoms with Crippen molar-refractivity contribution in [3.05, 3.63) is 63.4 Å². The van der Waals surface area contributed by atoms with Crippen LogP contribution in [0.3, 0.4) is 0 Å². The third-order valence-electron chi connectivity index (χ3n) is 4.60. The molecule has 0 atom stereocenters. The molecule has 0 saturated heterocycles. The maximum absolute atomic E-state index is 14.7. The molecule has 0 unspecified atom stereocenters. The smallest absolute Gasteiger partial charge is 0.417 e. The highest BCUT2D eigenvalue weighted by Gasteiger charge is 2.28. The minimum absolute atomic E-state index is 0.0528. The molecule has 0 aliphatic heterocycles. The number of ether oxygens (including phenoxy) is 1. The molecule has 3 aromatic rings. The van der Waals surface area contributed by atoms with Crippen LogP contribution in [0.15, 0.2) is 35.1 Å². The first-order valence-electron chi connectivity index (χ1n) is 9.90. The van der Waals surface area contributed by atoms with E-state index in [-0.39, 0.29) is 34.6 Å². The van der Waals surface area contributed by atoms with Crippen LogP contribution in [-0.4, -0.2) is 27.8 Å². The lowest BCUT2D eigenvalue weighted by Gasteiger charge is -2.27. The van der Waals surface area contributed by atoms with E-state index in [1.807, 2.05) is 6.07 Å². The Kier molecular flexibility index (Phi) is 5.99. The standard InChI is InChI=1S/C23H22F2N4O3/c1-6-28(22(31)32-23(3,4)5)21-27-19-13(2)7-8-17(25)18(19)20(30)29(21)16-10-14(12-26)9-15(24)11-16/h7-11H,6H2,1-5H3. The number of nitrogens with zero attached hydrogens (tertiary/aromatic N) is 4. The van der Waals surface area contributed by atoms with Gasteiger partial charge in [-0.25, -0.2) is 28.0 Å². The number of carbonyl (C=O) groups is 1. The molecule has 0 aliphatic rings. The van der Waals surface area contributed by atoms with Crippen molar-refractivity contribution in [2.45, 2.75) is 40.2 Å². The zero-order valence-corrected chi connectivity index (χ0v) is 18.4. The molecule has 1 amide bonds. The summed E-state index contributed by atoms with van der Waals surface area (Å²) in [6, 6.07) is 7.70. The molecule has 0 aliphatic carbocycles. The predicted molar refractivity (Wildman–Crippen MR) is 116 cm³/mol. The molecule has 0 spiro atoms. The van der Waals surface area contributed by atoms with E-state index in [0.29, 0.717) is 5.56 Å². The molecular formula is C23H22F2N4O3. The molecule has 0 fully saturated rings. The average molecular weight is 440 g/mol. The summed E-state index contributed by atoms with van der Waals surface area (Å²) in [5.74, 6) is -1.76. The summed E-state index contributed by atoms with van der Waals surface area (Å²) in [5.41, 5.74) is -1.21. The van der Waals surface area contributed by atoms with E-state index in [1.165, 1.54) is 12.1 Å². The van der Waals surface area contributed by atoms with E-state index in [2.05, 4.69) is 4.98 Å². The van der Waals surface area contributed by atoms with E-state index in [9.17, 15) is 23.6 Å². The molecule has 0 bridgehead atoms. The van der Waals surface area contributed by atoms with E-state index in [0.717, 1.165) is 27.7 Å². The highest BCUT2D eigenvalue weighted by atomic mass is 19.1. The topological polar surface area (TPSA) is 88.2 Å². The van der Waals surface area contributed by atoms with E-state index in [1.54, 1.807) is 34.6 Å². The van der Waals surface area contributed by atoms with Crippen LogP contribution in [0.25, 0.3) is 16.6 Å². The van der Waals surface area contributed by atoms with Crippen molar-refractivity contribution in [3.8, 4) is 11.8 Å². The quantitative estimate of drug-likeness (QED) is 0.594. The van der Waals surface area contributed by atoms with Gasteiger partial charge in [0.15, 0.2) is 0 Å². The van der Waals surface area contributed by atoms with Crippen molar-refractivity contribution in [2.75, 3.05) is 11.4 Å². The number of nitriles is 1. The third kappa shape index (κ3) is 4.30. The van der Waals surface area contributed by atoms with Gasteiger partial charge in [0.2, 0.25) is 5.95 Å². The molecular weight excluding hydrogens is 418 g/mol. The largest absolute Gasteiger partial charge is 0.443 e. The van der Waals surface area contributed by atoms with Gasteiger partial charge in [-0.3, -0.25) is 4.79 Å². The molecule has 32 heavy (non-hydrogen) atoms. The Morgan fingerprint density at radius 2 is 1.94 bits per heavy atom. The van der Waals surface area contributed by atoms with Crippen molar-refractivity contribution in [2.24, 2.45) is 0 Å². The first-order valence-corrected chi connectivity index (χ1v) is 9.90. The SMILES string of the molecule is CCN(C(=O)OC(C)(C)C)c1nc2c(C)ccc(F)c2c(=O)n1-c1cc(F)cc(C#N)c1. The van der Waals surface area contributed by atoms with E-state index < -0.39 is 28.9 Å². The molecule has 166 valence electrons. The highest BCUT2D eigenvalue weighted by Crippen LogP contribution is 2.25. The van der Waals surface area contributed by atoms with Gasteiger partial charge >= 0.3 is 6.09 Å². The number of aryl methyl sites for hydroxylation is 1. The van der Waals surface area contributed by atoms with E-state index >= 15 is 0 Å². The monoisotopic (exact) mass is 440 g/mol. The number of aromatic nitrogens is 2. The van der Waals surface area contributed by atoms with Crippen LogP contribution in [0.4, 0.5) is 19.5 Å². The minimum Gasteiger partial charge on any atom is -0.443 e. The molecule has 7 nitrogen and oxygen atoms in total. The Morgan fingerprint density at radius 1 is 1.25 bits per heavy atom. The fraction of sp³-hybridized carbons (Fsp3) is 0.304. The number of hydrogen-bond acceptors (Lipinski definition) is 5. The Balaban J connectivity index is 2.44. The molecule has 1 heterocycles. The third-order valence-corrected chi connectivity index (χ3v) is 4.60. The van der Waals surface area contributed by atoms with Crippen molar-refractivity contribution in [1.82, 2.24) is 9.55 Å². The molecule has 0 N–H and O–H groups in total. The van der Waals surface area contributed by atoms with Gasteiger partial charge in [-0.15, -0.1) is 0 Å². The first-order chi connectivity index (χ1) is 15.0. The summed E-state index contributed by atoms with van der Waals surface area (Å²) < 4.78 is 35.2. The van der Waals surface area contributed by atoms with Gasteiger partial charge < -0.3 is 4.74 Å². The molecule has 0 saturated carbocycles. The lowest BCUT2D eigenvalue weighted by atomic mass is 10.1. The minimum atomic E-state index is -0.845. The van der Waals surface area contributed by atoms with Crippen LogP contribution >= 0.6 is 0 Å². The molecule has 2 aromatic carbocycles. The lowest BCUT2D eigenvalue weighted by Crippen LogP contribution is -2.40. The number of fused-ring (bicyclic) bond motifs is 1. The summed E-state index contributed by atoms with van der Waals surface area (Å²) in [6.45, 7) is 8.42. The second-order valence-corrected chi connectivity index (χ2v) is 8.17. The van der Waals surface area contributed by atoms with Crippen molar-refractivity contribution in [1.29, 1.82) is 5.26 Å². The number of amides is 1. The number of anilines is 1. The van der Waals surface area contributed by atoms with Gasteiger partial charge in [0.1, 0.15) is 22.6 Å². The Morgan fingerprint density at radius 3 is 2.53 bits per heavy atom. The Labute approximate surface area is 183 Å². The van der Waals surface area contributed by atoms with Gasteiger partial charge in [-0.1, -0.05) is 6.07 Å². The molecule has 1 aromatic heterocycles. The second kappa shape index (κ2) is 8.38.